The molecule has 0 spiro atoms. The molecule has 1 aromatic carbocycles. The summed E-state index contributed by atoms with van der Waals surface area (Å²) in [6, 6.07) is 7.94. The van der Waals surface area contributed by atoms with Crippen LogP contribution in [0, 0.1) is 6.92 Å². The summed E-state index contributed by atoms with van der Waals surface area (Å²) in [5.74, 6) is 0.144. The molecule has 2 aliphatic heterocycles. The van der Waals surface area contributed by atoms with Crippen LogP contribution in [0.5, 0.6) is 0 Å². The fraction of sp³-hybridized carbons (Fsp3) is 0.579. The van der Waals surface area contributed by atoms with Crippen LogP contribution in [0.2, 0.25) is 0 Å². The van der Waals surface area contributed by atoms with Gasteiger partial charge < -0.3 is 9.80 Å². The number of rotatable bonds is 3. The second kappa shape index (κ2) is 7.34. The molecule has 2 fully saturated rings. The van der Waals surface area contributed by atoms with Crippen LogP contribution < -0.4 is 4.90 Å². The highest BCUT2D eigenvalue weighted by Gasteiger charge is 2.35. The van der Waals surface area contributed by atoms with Crippen molar-refractivity contribution in [1.82, 2.24) is 9.80 Å². The molecule has 0 aliphatic carbocycles. The number of aryl methyl sites for hydroxylation is 1. The van der Waals surface area contributed by atoms with Crippen LogP contribution in [-0.2, 0) is 9.59 Å². The van der Waals surface area contributed by atoms with Gasteiger partial charge in [-0.3, -0.25) is 14.5 Å². The summed E-state index contributed by atoms with van der Waals surface area (Å²) in [4.78, 5) is 31.2. The second-order valence-corrected chi connectivity index (χ2v) is 6.78. The van der Waals surface area contributed by atoms with Crippen molar-refractivity contribution in [2.24, 2.45) is 0 Å². The Morgan fingerprint density at radius 2 is 1.88 bits per heavy atom. The number of carbonyl (C=O) groups excluding carboxylic acids is 2. The minimum atomic E-state index is -0.0394. The van der Waals surface area contributed by atoms with Gasteiger partial charge >= 0.3 is 0 Å². The lowest BCUT2D eigenvalue weighted by Gasteiger charge is -2.40. The molecule has 3 rings (SSSR count). The van der Waals surface area contributed by atoms with Crippen molar-refractivity contribution in [2.45, 2.75) is 39.2 Å². The SMILES string of the molecule is CCN1CCCC[C@H]1C(=O)N1CCN(c2ccc(C)cc2)C(=O)C1. The van der Waals surface area contributed by atoms with E-state index >= 15 is 0 Å². The first-order valence-electron chi connectivity index (χ1n) is 9.00. The molecule has 2 amide bonds. The van der Waals surface area contributed by atoms with Crippen molar-refractivity contribution in [3.05, 3.63) is 29.8 Å². The van der Waals surface area contributed by atoms with E-state index in [-0.39, 0.29) is 24.4 Å². The Kier molecular flexibility index (Phi) is 5.19. The van der Waals surface area contributed by atoms with E-state index in [9.17, 15) is 9.59 Å². The molecule has 5 nitrogen and oxygen atoms in total. The summed E-state index contributed by atoms with van der Waals surface area (Å²) in [7, 11) is 0. The highest BCUT2D eigenvalue weighted by atomic mass is 16.2. The first kappa shape index (κ1) is 17.0. The molecule has 0 bridgehead atoms. The lowest BCUT2D eigenvalue weighted by Crippen LogP contribution is -2.58. The van der Waals surface area contributed by atoms with Gasteiger partial charge in [0.2, 0.25) is 11.8 Å². The van der Waals surface area contributed by atoms with Crippen LogP contribution in [0.3, 0.4) is 0 Å². The molecular formula is C19H27N3O2. The van der Waals surface area contributed by atoms with Crippen LogP contribution >= 0.6 is 0 Å². The number of piperazine rings is 1. The number of anilines is 1. The molecule has 130 valence electrons. The zero-order valence-electron chi connectivity index (χ0n) is 14.7. The number of nitrogens with zero attached hydrogens (tertiary/aromatic N) is 3. The fourth-order valence-corrected chi connectivity index (χ4v) is 3.72. The number of hydrogen-bond donors (Lipinski definition) is 0. The summed E-state index contributed by atoms with van der Waals surface area (Å²) in [6.45, 7) is 7.41. The summed E-state index contributed by atoms with van der Waals surface area (Å²) in [5, 5.41) is 0. The Balaban J connectivity index is 1.65. The Hall–Kier alpha value is -1.88. The highest BCUT2D eigenvalue weighted by molar-refractivity contribution is 5.98. The van der Waals surface area contributed by atoms with Crippen molar-refractivity contribution < 1.29 is 9.59 Å². The van der Waals surface area contributed by atoms with E-state index in [1.807, 2.05) is 31.2 Å². The van der Waals surface area contributed by atoms with Gasteiger partial charge in [-0.2, -0.15) is 0 Å². The molecule has 5 heteroatoms. The predicted octanol–water partition coefficient (Wildman–Crippen LogP) is 2.04. The third kappa shape index (κ3) is 3.46. The number of piperidine rings is 1. The van der Waals surface area contributed by atoms with Crippen molar-refractivity contribution in [3.8, 4) is 0 Å². The summed E-state index contributed by atoms with van der Waals surface area (Å²) < 4.78 is 0. The van der Waals surface area contributed by atoms with E-state index in [4.69, 9.17) is 0 Å². The van der Waals surface area contributed by atoms with E-state index in [1.165, 1.54) is 5.56 Å². The Morgan fingerprint density at radius 3 is 2.54 bits per heavy atom. The standard InChI is InChI=1S/C19H27N3O2/c1-3-20-11-5-4-6-17(20)19(24)21-12-13-22(18(23)14-21)16-9-7-15(2)8-10-16/h7-10,17H,3-6,11-14H2,1-2H3/t17-/m0/s1. The minimum Gasteiger partial charge on any atom is -0.330 e. The van der Waals surface area contributed by atoms with Gasteiger partial charge in [-0.25, -0.2) is 0 Å². The first-order valence-corrected chi connectivity index (χ1v) is 9.00. The molecule has 0 N–H and O–H groups in total. The Bertz CT molecular complexity index is 599. The maximum absolute atomic E-state index is 12.9. The molecular weight excluding hydrogens is 302 g/mol. The van der Waals surface area contributed by atoms with Gasteiger partial charge in [-0.1, -0.05) is 31.0 Å². The number of carbonyl (C=O) groups is 2. The van der Waals surface area contributed by atoms with Gasteiger partial charge in [0.05, 0.1) is 6.04 Å². The van der Waals surface area contributed by atoms with E-state index in [2.05, 4.69) is 11.8 Å². The maximum atomic E-state index is 12.9. The predicted molar refractivity (Wildman–Crippen MR) is 95.0 cm³/mol. The molecule has 0 unspecified atom stereocenters. The van der Waals surface area contributed by atoms with Gasteiger partial charge in [0.1, 0.15) is 6.54 Å². The van der Waals surface area contributed by atoms with Crippen LogP contribution in [0.25, 0.3) is 0 Å². The van der Waals surface area contributed by atoms with Gasteiger partial charge in [0.15, 0.2) is 0 Å². The normalized spacial score (nSPS) is 22.8. The van der Waals surface area contributed by atoms with Crippen molar-refractivity contribution in [2.75, 3.05) is 37.6 Å². The average Bonchev–Trinajstić information content (AvgIpc) is 2.62. The summed E-state index contributed by atoms with van der Waals surface area (Å²) in [6.07, 6.45) is 3.18. The van der Waals surface area contributed by atoms with Crippen molar-refractivity contribution >= 4 is 17.5 Å². The number of likely N-dealkylation sites (N-methyl/N-ethyl adjacent to an activating group) is 1. The lowest BCUT2D eigenvalue weighted by molar-refractivity contribution is -0.142. The van der Waals surface area contributed by atoms with E-state index in [0.29, 0.717) is 13.1 Å². The molecule has 1 atom stereocenters. The van der Waals surface area contributed by atoms with E-state index in [1.54, 1.807) is 9.80 Å². The van der Waals surface area contributed by atoms with Crippen LogP contribution in [0.4, 0.5) is 5.69 Å². The number of hydrogen-bond acceptors (Lipinski definition) is 3. The van der Waals surface area contributed by atoms with Crippen molar-refractivity contribution in [1.29, 1.82) is 0 Å². The molecule has 2 heterocycles. The lowest BCUT2D eigenvalue weighted by atomic mass is 10.0. The van der Waals surface area contributed by atoms with Crippen molar-refractivity contribution in [3.63, 3.8) is 0 Å². The average molecular weight is 329 g/mol. The second-order valence-electron chi connectivity index (χ2n) is 6.78. The zero-order valence-corrected chi connectivity index (χ0v) is 14.7. The van der Waals surface area contributed by atoms with Crippen LogP contribution in [0.15, 0.2) is 24.3 Å². The maximum Gasteiger partial charge on any atom is 0.246 e. The van der Waals surface area contributed by atoms with Gasteiger partial charge in [-0.05, 0) is 45.0 Å². The number of amides is 2. The topological polar surface area (TPSA) is 43.9 Å². The molecule has 24 heavy (non-hydrogen) atoms. The highest BCUT2D eigenvalue weighted by Crippen LogP contribution is 2.22. The number of likely N-dealkylation sites (tertiary alicyclic amines) is 1. The first-order chi connectivity index (χ1) is 11.6. The molecule has 0 aromatic heterocycles. The van der Waals surface area contributed by atoms with E-state index in [0.717, 1.165) is 38.0 Å². The molecule has 0 radical (unpaired) electrons. The molecule has 0 saturated carbocycles. The third-order valence-corrected chi connectivity index (χ3v) is 5.18. The van der Waals surface area contributed by atoms with Crippen LogP contribution in [-0.4, -0.2) is 60.4 Å². The van der Waals surface area contributed by atoms with Gasteiger partial charge in [0.25, 0.3) is 0 Å². The largest absolute Gasteiger partial charge is 0.330 e. The Morgan fingerprint density at radius 1 is 1.12 bits per heavy atom. The Labute approximate surface area is 144 Å². The minimum absolute atomic E-state index is 0.0114. The van der Waals surface area contributed by atoms with Crippen LogP contribution in [0.1, 0.15) is 31.7 Å². The molecule has 1 aromatic rings. The fourth-order valence-electron chi connectivity index (χ4n) is 3.72. The smallest absolute Gasteiger partial charge is 0.246 e. The van der Waals surface area contributed by atoms with Gasteiger partial charge in [-0.15, -0.1) is 0 Å². The van der Waals surface area contributed by atoms with Gasteiger partial charge in [0, 0.05) is 18.8 Å². The summed E-state index contributed by atoms with van der Waals surface area (Å²) in [5.41, 5.74) is 2.10. The zero-order chi connectivity index (χ0) is 17.1. The molecule has 2 aliphatic rings. The summed E-state index contributed by atoms with van der Waals surface area (Å²) >= 11 is 0. The quantitative estimate of drug-likeness (QED) is 0.852. The third-order valence-electron chi connectivity index (χ3n) is 5.18. The van der Waals surface area contributed by atoms with E-state index < -0.39 is 0 Å². The molecule has 2 saturated heterocycles. The monoisotopic (exact) mass is 329 g/mol. The number of benzene rings is 1.